The van der Waals surface area contributed by atoms with Crippen LogP contribution in [0.15, 0.2) is 21.9 Å². The maximum Gasteiger partial charge on any atom is 0.330 e. The number of methoxy groups -OCH3 is 1. The van der Waals surface area contributed by atoms with Gasteiger partial charge in [-0.1, -0.05) is 0 Å². The van der Waals surface area contributed by atoms with Gasteiger partial charge in [0.25, 0.3) is 5.56 Å². The molecule has 170 valence electrons. The van der Waals surface area contributed by atoms with Gasteiger partial charge in [-0.3, -0.25) is 23.4 Å². The van der Waals surface area contributed by atoms with Gasteiger partial charge in [0.05, 0.1) is 17.9 Å². The van der Waals surface area contributed by atoms with E-state index in [0.717, 1.165) is 10.6 Å². The van der Waals surface area contributed by atoms with Crippen molar-refractivity contribution in [2.45, 2.75) is 56.6 Å². The molecule has 1 aromatic rings. The summed E-state index contributed by atoms with van der Waals surface area (Å²) in [5.41, 5.74) is -2.31. The number of aromatic amines is 1. The molecule has 30 heavy (non-hydrogen) atoms. The zero-order valence-electron chi connectivity index (χ0n) is 16.4. The second kappa shape index (κ2) is 8.67. The molecular weight excluding hydrogens is 462 g/mol. The van der Waals surface area contributed by atoms with Crippen LogP contribution in [0.1, 0.15) is 26.5 Å². The van der Waals surface area contributed by atoms with Crippen molar-refractivity contribution in [3.63, 3.8) is 0 Å². The zero-order valence-corrected chi connectivity index (χ0v) is 19.0. The molecule has 4 N–H and O–H groups in total. The van der Waals surface area contributed by atoms with Crippen LogP contribution < -0.4 is 11.2 Å². The first-order chi connectivity index (χ1) is 13.8. The number of hydrogen-bond acceptors (Lipinski definition) is 8. The highest BCUT2D eigenvalue weighted by Gasteiger charge is 2.61. The second-order valence-corrected chi connectivity index (χ2v) is 12.0. The molecule has 1 saturated carbocycles. The van der Waals surface area contributed by atoms with Gasteiger partial charge in [0.15, 0.2) is 6.23 Å². The largest absolute Gasteiger partial charge is 0.374 e. The van der Waals surface area contributed by atoms with Crippen LogP contribution in [0, 0.1) is 5.92 Å². The number of nitrogens with one attached hydrogen (secondary N) is 1. The van der Waals surface area contributed by atoms with Crippen LogP contribution in [-0.2, 0) is 34.9 Å². The lowest BCUT2D eigenvalue weighted by Crippen LogP contribution is -2.39. The van der Waals surface area contributed by atoms with Gasteiger partial charge in [-0.15, -0.1) is 0 Å². The Morgan fingerprint density at radius 1 is 1.30 bits per heavy atom. The molecular formula is C15H24N2O10P2S. The molecule has 2 heterocycles. The normalized spacial score (nSPS) is 33.6. The van der Waals surface area contributed by atoms with E-state index in [4.69, 9.17) is 30.3 Å². The smallest absolute Gasteiger partial charge is 0.330 e. The van der Waals surface area contributed by atoms with E-state index in [2.05, 4.69) is 4.98 Å². The lowest BCUT2D eigenvalue weighted by molar-refractivity contribution is -0.0571. The van der Waals surface area contributed by atoms with E-state index in [9.17, 15) is 28.8 Å². The molecule has 1 aliphatic carbocycles. The third-order valence-electron chi connectivity index (χ3n) is 4.88. The van der Waals surface area contributed by atoms with Crippen LogP contribution in [0.5, 0.6) is 0 Å². The molecule has 15 heteroatoms. The van der Waals surface area contributed by atoms with Crippen LogP contribution in [0.25, 0.3) is 0 Å². The van der Waals surface area contributed by atoms with E-state index < -0.39 is 67.8 Å². The monoisotopic (exact) mass is 486 g/mol. The SMILES string of the molecule is CO[C@H]1C(OP(O)(=S)OC(C)C)[C@@H](C2CC2P(=O)(O)O)O[C@H]1n1ccc(=O)[nH]c1=O. The molecule has 4 unspecified atom stereocenters. The van der Waals surface area contributed by atoms with E-state index in [0.29, 0.717) is 0 Å². The van der Waals surface area contributed by atoms with Crippen LogP contribution in [0.3, 0.4) is 0 Å². The Hall–Kier alpha value is -0.720. The van der Waals surface area contributed by atoms with Crippen molar-refractivity contribution in [3.8, 4) is 0 Å². The van der Waals surface area contributed by atoms with Crippen molar-refractivity contribution in [2.24, 2.45) is 5.92 Å². The topological polar surface area (TPSA) is 170 Å². The standard InChI is InChI=1S/C15H24N2O10P2S/c1-7(2)26-29(23,30)27-12-11(8-6-9(8)28(20,21)22)25-14(13(12)24-3)17-5-4-10(18)16-15(17)19/h4-5,7-9,11-14H,6H2,1-3H3,(H,23,30)(H,16,18,19)(H2,20,21,22)/t8?,9?,11-,12?,13+,14-,29?/m1/s1. The number of nitrogens with zero attached hydrogens (tertiary/aromatic N) is 1. The summed E-state index contributed by atoms with van der Waals surface area (Å²) >= 11 is 5.06. The molecule has 7 atom stereocenters. The maximum atomic E-state index is 12.3. The highest BCUT2D eigenvalue weighted by atomic mass is 32.5. The summed E-state index contributed by atoms with van der Waals surface area (Å²) in [4.78, 5) is 55.2. The number of rotatable bonds is 8. The summed E-state index contributed by atoms with van der Waals surface area (Å²) < 4.78 is 35.1. The zero-order chi connectivity index (χ0) is 22.4. The summed E-state index contributed by atoms with van der Waals surface area (Å²) in [5.74, 6) is -0.606. The number of ether oxygens (including phenoxy) is 2. The van der Waals surface area contributed by atoms with Crippen LogP contribution >= 0.6 is 14.3 Å². The Morgan fingerprint density at radius 2 is 1.97 bits per heavy atom. The first kappa shape index (κ1) is 23.9. The number of H-pyrrole nitrogens is 1. The third-order valence-corrected chi connectivity index (χ3v) is 8.05. The third kappa shape index (κ3) is 5.18. The van der Waals surface area contributed by atoms with Crippen molar-refractivity contribution in [3.05, 3.63) is 33.1 Å². The lowest BCUT2D eigenvalue weighted by Gasteiger charge is -2.28. The Bertz CT molecular complexity index is 990. The van der Waals surface area contributed by atoms with Gasteiger partial charge >= 0.3 is 20.0 Å². The summed E-state index contributed by atoms with van der Waals surface area (Å²) in [7, 11) is -3.05. The number of aromatic nitrogens is 2. The van der Waals surface area contributed by atoms with Gasteiger partial charge in [-0.2, -0.15) is 0 Å². The van der Waals surface area contributed by atoms with Gasteiger partial charge in [-0.05, 0) is 32.1 Å². The van der Waals surface area contributed by atoms with E-state index in [1.165, 1.54) is 13.3 Å². The fraction of sp³-hybridized carbons (Fsp3) is 0.733. The van der Waals surface area contributed by atoms with Crippen molar-refractivity contribution < 1.29 is 37.8 Å². The van der Waals surface area contributed by atoms with E-state index in [-0.39, 0.29) is 6.42 Å². The van der Waals surface area contributed by atoms with E-state index in [1.54, 1.807) is 13.8 Å². The van der Waals surface area contributed by atoms with Gasteiger partial charge in [0.2, 0.25) is 0 Å². The highest BCUT2D eigenvalue weighted by Crippen LogP contribution is 2.62. The van der Waals surface area contributed by atoms with Gasteiger partial charge in [0.1, 0.15) is 12.2 Å². The Labute approximate surface area is 176 Å². The van der Waals surface area contributed by atoms with E-state index >= 15 is 0 Å². The fourth-order valence-corrected chi connectivity index (χ4v) is 6.75. The average Bonchev–Trinajstić information content (AvgIpc) is 3.31. The minimum atomic E-state index is -4.37. The molecule has 0 radical (unpaired) electrons. The second-order valence-electron chi connectivity index (χ2n) is 7.46. The van der Waals surface area contributed by atoms with Crippen molar-refractivity contribution in [1.82, 2.24) is 9.55 Å². The Balaban J connectivity index is 1.96. The Kier molecular flexibility index (Phi) is 6.91. The molecule has 1 saturated heterocycles. The van der Waals surface area contributed by atoms with Crippen LogP contribution in [-0.4, -0.2) is 61.4 Å². The predicted molar refractivity (Wildman–Crippen MR) is 108 cm³/mol. The minimum absolute atomic E-state index is 0.165. The summed E-state index contributed by atoms with van der Waals surface area (Å²) in [6.07, 6.45) is -3.16. The first-order valence-electron chi connectivity index (χ1n) is 9.08. The van der Waals surface area contributed by atoms with Crippen molar-refractivity contribution in [2.75, 3.05) is 7.11 Å². The molecule has 0 bridgehead atoms. The molecule has 0 amide bonds. The Morgan fingerprint density at radius 3 is 2.47 bits per heavy atom. The number of hydrogen-bond donors (Lipinski definition) is 4. The molecule has 12 nitrogen and oxygen atoms in total. The predicted octanol–water partition coefficient (Wildman–Crippen LogP) is 0.0422. The lowest BCUT2D eigenvalue weighted by atomic mass is 10.1. The van der Waals surface area contributed by atoms with Gasteiger partial charge in [-0.25, -0.2) is 4.79 Å². The molecule has 0 spiro atoms. The molecule has 1 aliphatic heterocycles. The maximum absolute atomic E-state index is 12.3. The van der Waals surface area contributed by atoms with Gasteiger partial charge in [0, 0.05) is 25.3 Å². The molecule has 1 aromatic heterocycles. The van der Waals surface area contributed by atoms with Crippen molar-refractivity contribution >= 4 is 26.1 Å². The molecule has 0 aromatic carbocycles. The minimum Gasteiger partial charge on any atom is -0.374 e. The van der Waals surface area contributed by atoms with Gasteiger partial charge < -0.3 is 28.7 Å². The fourth-order valence-electron chi connectivity index (χ4n) is 3.62. The van der Waals surface area contributed by atoms with Crippen molar-refractivity contribution in [1.29, 1.82) is 0 Å². The summed E-state index contributed by atoms with van der Waals surface area (Å²) in [5, 5.41) is 0. The van der Waals surface area contributed by atoms with E-state index in [1.807, 2.05) is 0 Å². The van der Waals surface area contributed by atoms with Crippen LogP contribution in [0.2, 0.25) is 0 Å². The summed E-state index contributed by atoms with van der Waals surface area (Å²) in [6, 6.07) is 1.12. The average molecular weight is 486 g/mol. The summed E-state index contributed by atoms with van der Waals surface area (Å²) in [6.45, 7) is -0.447. The highest BCUT2D eigenvalue weighted by molar-refractivity contribution is 8.07. The molecule has 2 fully saturated rings. The molecule has 3 rings (SSSR count). The van der Waals surface area contributed by atoms with Crippen LogP contribution in [0.4, 0.5) is 0 Å². The molecule has 2 aliphatic rings. The first-order valence-corrected chi connectivity index (χ1v) is 13.4. The quantitative estimate of drug-likeness (QED) is 0.366.